The molecule has 1 aromatic heterocycles. The number of carboxylic acids is 1. The molecule has 1 amide bonds. The summed E-state index contributed by atoms with van der Waals surface area (Å²) >= 11 is 0. The second kappa shape index (κ2) is 6.86. The van der Waals surface area contributed by atoms with Crippen LogP contribution in [-0.4, -0.2) is 33.7 Å². The Morgan fingerprint density at radius 1 is 1.50 bits per heavy atom. The number of aliphatic imine (C=N–C) groups is 1. The zero-order valence-electron chi connectivity index (χ0n) is 13.9. The number of pyridine rings is 1. The fraction of sp³-hybridized carbons (Fsp3) is 0.500. The molecule has 8 nitrogen and oxygen atoms in total. The highest BCUT2D eigenvalue weighted by atomic mass is 16.6. The van der Waals surface area contributed by atoms with E-state index in [9.17, 15) is 9.59 Å². The van der Waals surface area contributed by atoms with Crippen molar-refractivity contribution in [1.29, 1.82) is 0 Å². The quantitative estimate of drug-likeness (QED) is 0.568. The van der Waals surface area contributed by atoms with Crippen LogP contribution in [0.5, 0.6) is 0 Å². The van der Waals surface area contributed by atoms with E-state index in [0.717, 1.165) is 5.56 Å². The number of carbonyl (C=O) groups is 2. The topological polar surface area (TPSA) is 127 Å². The lowest BCUT2D eigenvalue weighted by atomic mass is 10.0. The summed E-state index contributed by atoms with van der Waals surface area (Å²) in [4.78, 5) is 31.2. The predicted octanol–water partition coefficient (Wildman–Crippen LogP) is 1.68. The maximum Gasteiger partial charge on any atom is 0.414 e. The largest absolute Gasteiger partial charge is 0.481 e. The third-order valence-corrected chi connectivity index (χ3v) is 3.50. The van der Waals surface area contributed by atoms with Gasteiger partial charge in [-0.25, -0.2) is 9.79 Å². The van der Waals surface area contributed by atoms with Crippen molar-refractivity contribution >= 4 is 18.0 Å². The van der Waals surface area contributed by atoms with E-state index in [2.05, 4.69) is 15.3 Å². The molecule has 1 heterocycles. The van der Waals surface area contributed by atoms with Gasteiger partial charge in [0, 0.05) is 12.4 Å². The van der Waals surface area contributed by atoms with E-state index in [1.54, 1.807) is 45.3 Å². The summed E-state index contributed by atoms with van der Waals surface area (Å²) in [6.45, 7) is 5.21. The second-order valence-corrected chi connectivity index (χ2v) is 6.72. The van der Waals surface area contributed by atoms with Crippen LogP contribution in [-0.2, 0) is 9.53 Å². The van der Waals surface area contributed by atoms with Crippen molar-refractivity contribution < 1.29 is 19.4 Å². The molecule has 2 rings (SSSR count). The molecule has 130 valence electrons. The summed E-state index contributed by atoms with van der Waals surface area (Å²) in [5, 5.41) is 11.5. The molecule has 1 aliphatic rings. The number of aliphatic carboxylic acids is 1. The third kappa shape index (κ3) is 4.94. The highest BCUT2D eigenvalue weighted by Gasteiger charge is 2.48. The van der Waals surface area contributed by atoms with Gasteiger partial charge in [-0.05, 0) is 44.7 Å². The van der Waals surface area contributed by atoms with Crippen molar-refractivity contribution in [3.63, 3.8) is 0 Å². The molecule has 8 heteroatoms. The Morgan fingerprint density at radius 2 is 2.21 bits per heavy atom. The zero-order valence-corrected chi connectivity index (χ0v) is 13.9. The summed E-state index contributed by atoms with van der Waals surface area (Å²) in [5.41, 5.74) is 5.88. The molecule has 0 aliphatic heterocycles. The second-order valence-electron chi connectivity index (χ2n) is 6.72. The standard InChI is InChI=1S/C16H22N4O4/c1-16(2,3)24-15(23)20-14(17)19-12(9-5-4-6-18-8-9)10-7-11(10)13(21)22/h4-6,8,10-12H,7H2,1-3H3,(H,21,22)(H3,17,19,20,23)/t10-,11-,12?/m1/s1. The van der Waals surface area contributed by atoms with Crippen molar-refractivity contribution in [2.24, 2.45) is 22.6 Å². The smallest absolute Gasteiger partial charge is 0.414 e. The van der Waals surface area contributed by atoms with Gasteiger partial charge in [0.15, 0.2) is 5.96 Å². The first-order valence-corrected chi connectivity index (χ1v) is 7.63. The maximum atomic E-state index is 11.7. The van der Waals surface area contributed by atoms with Crippen LogP contribution >= 0.6 is 0 Å². The molecule has 0 spiro atoms. The number of hydrogen-bond donors (Lipinski definition) is 3. The number of alkyl carbamates (subject to hydrolysis) is 1. The van der Waals surface area contributed by atoms with Gasteiger partial charge in [0.05, 0.1) is 12.0 Å². The molecule has 0 bridgehead atoms. The molecule has 0 saturated heterocycles. The Bertz CT molecular complexity index is 639. The van der Waals surface area contributed by atoms with E-state index in [0.29, 0.717) is 6.42 Å². The summed E-state index contributed by atoms with van der Waals surface area (Å²) in [6, 6.07) is 3.07. The van der Waals surface area contributed by atoms with Gasteiger partial charge in [-0.1, -0.05) is 6.07 Å². The minimum absolute atomic E-state index is 0.117. The highest BCUT2D eigenvalue weighted by Crippen LogP contribution is 2.49. The van der Waals surface area contributed by atoms with Crippen molar-refractivity contribution in [3.8, 4) is 0 Å². The third-order valence-electron chi connectivity index (χ3n) is 3.50. The average molecular weight is 334 g/mol. The van der Waals surface area contributed by atoms with Gasteiger partial charge in [0.2, 0.25) is 0 Å². The lowest BCUT2D eigenvalue weighted by molar-refractivity contribution is -0.138. The van der Waals surface area contributed by atoms with E-state index in [-0.39, 0.29) is 11.9 Å². The molecule has 1 fully saturated rings. The Balaban J connectivity index is 2.13. The maximum absolute atomic E-state index is 11.7. The number of nitrogens with two attached hydrogens (primary N) is 1. The van der Waals surface area contributed by atoms with E-state index in [1.165, 1.54) is 0 Å². The number of ether oxygens (including phenoxy) is 1. The normalized spacial score (nSPS) is 21.7. The van der Waals surface area contributed by atoms with E-state index in [4.69, 9.17) is 15.6 Å². The number of carboxylic acid groups (broad SMARTS) is 1. The summed E-state index contributed by atoms with van der Waals surface area (Å²) in [7, 11) is 0. The van der Waals surface area contributed by atoms with E-state index >= 15 is 0 Å². The molecule has 1 aliphatic carbocycles. The first-order chi connectivity index (χ1) is 11.2. The summed E-state index contributed by atoms with van der Waals surface area (Å²) in [6.07, 6.45) is 3.04. The van der Waals surface area contributed by atoms with Gasteiger partial charge in [0.25, 0.3) is 0 Å². The van der Waals surface area contributed by atoms with Crippen LogP contribution < -0.4 is 11.1 Å². The Morgan fingerprint density at radius 3 is 2.71 bits per heavy atom. The summed E-state index contributed by atoms with van der Waals surface area (Å²) < 4.78 is 5.11. The monoisotopic (exact) mass is 334 g/mol. The lowest BCUT2D eigenvalue weighted by Gasteiger charge is -2.20. The number of nitrogens with zero attached hydrogens (tertiary/aromatic N) is 2. The van der Waals surface area contributed by atoms with Crippen LogP contribution in [0.25, 0.3) is 0 Å². The number of hydrogen-bond acceptors (Lipinski definition) is 5. The highest BCUT2D eigenvalue weighted by molar-refractivity contribution is 5.93. The van der Waals surface area contributed by atoms with Gasteiger partial charge in [-0.3, -0.25) is 15.1 Å². The SMILES string of the molecule is CC(C)(C)OC(=O)NC(N)=NC(c1cccnc1)[C@@H]1C[C@H]1C(=O)O. The Labute approximate surface area is 140 Å². The molecule has 0 radical (unpaired) electrons. The van der Waals surface area contributed by atoms with Crippen molar-refractivity contribution in [2.75, 3.05) is 0 Å². The van der Waals surface area contributed by atoms with Crippen LogP contribution in [0.4, 0.5) is 4.79 Å². The molecule has 4 N–H and O–H groups in total. The summed E-state index contributed by atoms with van der Waals surface area (Å²) in [5.74, 6) is -1.61. The fourth-order valence-electron chi connectivity index (χ4n) is 2.41. The van der Waals surface area contributed by atoms with Crippen LogP contribution in [0.3, 0.4) is 0 Å². The number of guanidine groups is 1. The number of rotatable bonds is 4. The van der Waals surface area contributed by atoms with Crippen molar-refractivity contribution in [2.45, 2.75) is 38.8 Å². The number of nitrogens with one attached hydrogen (secondary N) is 1. The zero-order chi connectivity index (χ0) is 17.9. The number of amides is 1. The van der Waals surface area contributed by atoms with E-state index in [1.807, 2.05) is 0 Å². The molecule has 1 saturated carbocycles. The number of carbonyl (C=O) groups excluding carboxylic acids is 1. The predicted molar refractivity (Wildman–Crippen MR) is 87.2 cm³/mol. The minimum atomic E-state index is -0.859. The van der Waals surface area contributed by atoms with Crippen LogP contribution in [0.2, 0.25) is 0 Å². The first kappa shape index (κ1) is 17.7. The van der Waals surface area contributed by atoms with Crippen LogP contribution in [0.1, 0.15) is 38.8 Å². The first-order valence-electron chi connectivity index (χ1n) is 7.63. The molecular formula is C16H22N4O4. The van der Waals surface area contributed by atoms with Gasteiger partial charge in [-0.15, -0.1) is 0 Å². The van der Waals surface area contributed by atoms with Gasteiger partial charge >= 0.3 is 12.1 Å². The van der Waals surface area contributed by atoms with Crippen LogP contribution in [0, 0.1) is 11.8 Å². The van der Waals surface area contributed by atoms with Gasteiger partial charge in [-0.2, -0.15) is 0 Å². The molecule has 1 unspecified atom stereocenters. The Kier molecular flexibility index (Phi) is 5.06. The molecule has 24 heavy (non-hydrogen) atoms. The minimum Gasteiger partial charge on any atom is -0.481 e. The molecular weight excluding hydrogens is 312 g/mol. The van der Waals surface area contributed by atoms with Crippen molar-refractivity contribution in [3.05, 3.63) is 30.1 Å². The Hall–Kier alpha value is -2.64. The average Bonchev–Trinajstić information content (AvgIpc) is 3.24. The molecule has 1 aromatic rings. The lowest BCUT2D eigenvalue weighted by Crippen LogP contribution is -2.40. The van der Waals surface area contributed by atoms with Gasteiger partial charge < -0.3 is 15.6 Å². The van der Waals surface area contributed by atoms with Crippen molar-refractivity contribution in [1.82, 2.24) is 10.3 Å². The molecule has 3 atom stereocenters. The van der Waals surface area contributed by atoms with E-state index < -0.39 is 29.6 Å². The van der Waals surface area contributed by atoms with Crippen LogP contribution in [0.15, 0.2) is 29.5 Å². The molecule has 0 aromatic carbocycles. The van der Waals surface area contributed by atoms with Gasteiger partial charge in [0.1, 0.15) is 5.60 Å². The fourth-order valence-corrected chi connectivity index (χ4v) is 2.41. The number of aromatic nitrogens is 1.